The second kappa shape index (κ2) is 7.89. The summed E-state index contributed by atoms with van der Waals surface area (Å²) < 4.78 is 5.66. The highest BCUT2D eigenvalue weighted by Gasteiger charge is 2.19. The van der Waals surface area contributed by atoms with E-state index in [0.717, 1.165) is 23.3 Å². The fourth-order valence-electron chi connectivity index (χ4n) is 2.37. The molecule has 2 aromatic carbocycles. The number of rotatable bonds is 6. The lowest BCUT2D eigenvalue weighted by Gasteiger charge is -2.02. The third-order valence-corrected chi connectivity index (χ3v) is 4.26. The lowest BCUT2D eigenvalue weighted by Crippen LogP contribution is -1.98. The first-order chi connectivity index (χ1) is 13.3. The summed E-state index contributed by atoms with van der Waals surface area (Å²) in [4.78, 5) is 20.4. The number of nitrogens with one attached hydrogen (secondary N) is 1. The predicted octanol–water partition coefficient (Wildman–Crippen LogP) is 5.17. The summed E-state index contributed by atoms with van der Waals surface area (Å²) in [6, 6.07) is 12.2. The minimum atomic E-state index is -0.725. The number of hydrazone groups is 1. The van der Waals surface area contributed by atoms with Crippen LogP contribution in [0.5, 0.6) is 0 Å². The molecule has 0 fully saturated rings. The molecule has 1 N–H and O–H groups in total. The van der Waals surface area contributed by atoms with E-state index in [0.29, 0.717) is 16.5 Å². The number of hydrogen-bond donors (Lipinski definition) is 1. The Morgan fingerprint density at radius 1 is 1.07 bits per heavy atom. The molecule has 0 radical (unpaired) electrons. The van der Waals surface area contributed by atoms with Crippen molar-refractivity contribution >= 4 is 34.9 Å². The number of aryl methyl sites for hydroxylation is 1. The second-order valence-corrected chi connectivity index (χ2v) is 6.16. The highest BCUT2D eigenvalue weighted by atomic mass is 35.5. The zero-order valence-electron chi connectivity index (χ0n) is 14.5. The van der Waals surface area contributed by atoms with Crippen molar-refractivity contribution in [3.05, 3.63) is 85.1 Å². The zero-order valence-corrected chi connectivity index (χ0v) is 15.2. The molecule has 1 heterocycles. The average Bonchev–Trinajstić information content (AvgIpc) is 3.12. The minimum Gasteiger partial charge on any atom is -0.455 e. The number of non-ortho nitro benzene ring substituents is 1. The number of hydrogen-bond acceptors (Lipinski definition) is 7. The van der Waals surface area contributed by atoms with Crippen LogP contribution in [-0.4, -0.2) is 16.1 Å². The summed E-state index contributed by atoms with van der Waals surface area (Å²) in [6.45, 7) is 1.90. The molecule has 0 aliphatic carbocycles. The van der Waals surface area contributed by atoms with E-state index in [1.807, 2.05) is 19.1 Å². The topological polar surface area (TPSA) is 124 Å². The van der Waals surface area contributed by atoms with Gasteiger partial charge in [0.15, 0.2) is 0 Å². The van der Waals surface area contributed by atoms with Crippen molar-refractivity contribution in [3.63, 3.8) is 0 Å². The van der Waals surface area contributed by atoms with Crippen LogP contribution in [0.1, 0.15) is 11.3 Å². The summed E-state index contributed by atoms with van der Waals surface area (Å²) in [5.41, 5.74) is 3.43. The Hall–Kier alpha value is -3.72. The molecule has 10 heteroatoms. The Balaban J connectivity index is 1.77. The van der Waals surface area contributed by atoms with Crippen LogP contribution in [0.25, 0.3) is 11.3 Å². The summed E-state index contributed by atoms with van der Waals surface area (Å²) in [5, 5.41) is 26.4. The number of benzene rings is 2. The lowest BCUT2D eigenvalue weighted by atomic mass is 10.1. The number of nitrogens with zero attached hydrogens (tertiary/aromatic N) is 3. The average molecular weight is 401 g/mol. The number of furan rings is 1. The highest BCUT2D eigenvalue weighted by molar-refractivity contribution is 6.31. The first-order valence-corrected chi connectivity index (χ1v) is 8.31. The Labute approximate surface area is 163 Å². The molecular weight excluding hydrogens is 388 g/mol. The Morgan fingerprint density at radius 2 is 1.86 bits per heavy atom. The molecule has 0 unspecified atom stereocenters. The van der Waals surface area contributed by atoms with Crippen molar-refractivity contribution in [2.24, 2.45) is 5.10 Å². The van der Waals surface area contributed by atoms with Crippen LogP contribution < -0.4 is 5.43 Å². The normalized spacial score (nSPS) is 10.9. The molecule has 3 rings (SSSR count). The van der Waals surface area contributed by atoms with Crippen LogP contribution in [-0.2, 0) is 0 Å². The largest absolute Gasteiger partial charge is 0.455 e. The Bertz CT molecular complexity index is 1090. The molecule has 0 spiro atoms. The van der Waals surface area contributed by atoms with Crippen molar-refractivity contribution in [2.45, 2.75) is 6.92 Å². The molecule has 0 saturated heterocycles. The number of nitro benzene ring substituents is 2. The maximum atomic E-state index is 11.1. The number of anilines is 1. The van der Waals surface area contributed by atoms with Crippen LogP contribution >= 0.6 is 11.6 Å². The van der Waals surface area contributed by atoms with Gasteiger partial charge in [-0.15, -0.1) is 0 Å². The van der Waals surface area contributed by atoms with Gasteiger partial charge in [0, 0.05) is 16.7 Å². The smallest absolute Gasteiger partial charge is 0.301 e. The fourth-order valence-corrected chi connectivity index (χ4v) is 2.55. The van der Waals surface area contributed by atoms with Crippen LogP contribution in [0.15, 0.2) is 58.0 Å². The molecule has 0 bridgehead atoms. The van der Waals surface area contributed by atoms with Gasteiger partial charge < -0.3 is 4.42 Å². The van der Waals surface area contributed by atoms with Gasteiger partial charge in [-0.1, -0.05) is 23.7 Å². The van der Waals surface area contributed by atoms with Gasteiger partial charge in [-0.2, -0.15) is 5.10 Å². The second-order valence-electron chi connectivity index (χ2n) is 5.75. The van der Waals surface area contributed by atoms with Crippen LogP contribution in [0, 0.1) is 27.2 Å². The molecule has 0 amide bonds. The summed E-state index contributed by atoms with van der Waals surface area (Å²) >= 11 is 6.12. The van der Waals surface area contributed by atoms with E-state index in [1.165, 1.54) is 12.3 Å². The summed E-state index contributed by atoms with van der Waals surface area (Å²) in [6.07, 6.45) is 1.34. The lowest BCUT2D eigenvalue weighted by molar-refractivity contribution is -0.393. The molecule has 0 aliphatic heterocycles. The first-order valence-electron chi connectivity index (χ1n) is 7.93. The number of halogens is 1. The van der Waals surface area contributed by atoms with Crippen LogP contribution in [0.3, 0.4) is 0 Å². The zero-order chi connectivity index (χ0) is 20.3. The maximum Gasteiger partial charge on any atom is 0.301 e. The van der Waals surface area contributed by atoms with E-state index < -0.39 is 15.5 Å². The van der Waals surface area contributed by atoms with E-state index in [2.05, 4.69) is 10.5 Å². The molecule has 28 heavy (non-hydrogen) atoms. The van der Waals surface area contributed by atoms with E-state index in [-0.39, 0.29) is 11.4 Å². The van der Waals surface area contributed by atoms with Gasteiger partial charge in [0.1, 0.15) is 17.2 Å². The molecule has 0 aliphatic rings. The quantitative estimate of drug-likeness (QED) is 0.345. The predicted molar refractivity (Wildman–Crippen MR) is 105 cm³/mol. The Morgan fingerprint density at radius 3 is 2.54 bits per heavy atom. The standard InChI is InChI=1S/C18H13ClN4O5/c1-11-2-3-12(8-15(11)19)18-7-5-14(28-18)10-20-21-16-6-4-13(22(24)25)9-17(16)23(26)27/h2-10,21H,1H3/b20-10-. The van der Waals surface area contributed by atoms with Gasteiger partial charge in [0.2, 0.25) is 0 Å². The van der Waals surface area contributed by atoms with Crippen molar-refractivity contribution < 1.29 is 14.3 Å². The SMILES string of the molecule is Cc1ccc(-c2ccc(/C=N\Nc3ccc([N+](=O)[O-])cc3[N+](=O)[O-])o2)cc1Cl. The van der Waals surface area contributed by atoms with Gasteiger partial charge >= 0.3 is 5.69 Å². The van der Waals surface area contributed by atoms with Gasteiger partial charge in [-0.3, -0.25) is 25.7 Å². The Kier molecular flexibility index (Phi) is 5.37. The van der Waals surface area contributed by atoms with E-state index in [1.54, 1.807) is 18.2 Å². The van der Waals surface area contributed by atoms with Gasteiger partial charge in [0.25, 0.3) is 5.69 Å². The van der Waals surface area contributed by atoms with Crippen LogP contribution in [0.2, 0.25) is 5.02 Å². The van der Waals surface area contributed by atoms with Gasteiger partial charge in [0.05, 0.1) is 22.1 Å². The molecule has 3 aromatic rings. The molecular formula is C18H13ClN4O5. The van der Waals surface area contributed by atoms with E-state index in [4.69, 9.17) is 16.0 Å². The van der Waals surface area contributed by atoms with Crippen LogP contribution in [0.4, 0.5) is 17.1 Å². The number of nitro groups is 2. The van der Waals surface area contributed by atoms with Crippen molar-refractivity contribution in [1.82, 2.24) is 0 Å². The molecule has 0 saturated carbocycles. The molecule has 1 aromatic heterocycles. The van der Waals surface area contributed by atoms with Crippen molar-refractivity contribution in [2.75, 3.05) is 5.43 Å². The summed E-state index contributed by atoms with van der Waals surface area (Å²) in [5.74, 6) is 0.994. The van der Waals surface area contributed by atoms with E-state index >= 15 is 0 Å². The van der Waals surface area contributed by atoms with Gasteiger partial charge in [-0.25, -0.2) is 0 Å². The van der Waals surface area contributed by atoms with E-state index in [9.17, 15) is 20.2 Å². The molecule has 142 valence electrons. The van der Waals surface area contributed by atoms with Crippen molar-refractivity contribution in [1.29, 1.82) is 0 Å². The minimum absolute atomic E-state index is 0.0175. The third kappa shape index (κ3) is 4.15. The summed E-state index contributed by atoms with van der Waals surface area (Å²) in [7, 11) is 0. The van der Waals surface area contributed by atoms with Gasteiger partial charge in [-0.05, 0) is 36.8 Å². The fraction of sp³-hybridized carbons (Fsp3) is 0.0556. The monoisotopic (exact) mass is 400 g/mol. The highest BCUT2D eigenvalue weighted by Crippen LogP contribution is 2.29. The molecule has 0 atom stereocenters. The molecule has 9 nitrogen and oxygen atoms in total. The third-order valence-electron chi connectivity index (χ3n) is 3.85. The maximum absolute atomic E-state index is 11.1. The van der Waals surface area contributed by atoms with Crippen molar-refractivity contribution in [3.8, 4) is 11.3 Å². The first kappa shape index (κ1) is 19.1.